The highest BCUT2D eigenvalue weighted by molar-refractivity contribution is 5.21. The third-order valence-corrected chi connectivity index (χ3v) is 1.91. The fourth-order valence-corrected chi connectivity index (χ4v) is 1.20. The van der Waals surface area contributed by atoms with Crippen molar-refractivity contribution in [3.8, 4) is 0 Å². The van der Waals surface area contributed by atoms with E-state index < -0.39 is 5.79 Å². The number of aliphatic hydroxyl groups excluding tert-OH is 2. The maximum atomic E-state index is 9.78. The third-order valence-electron chi connectivity index (χ3n) is 1.91. The van der Waals surface area contributed by atoms with E-state index in [-0.39, 0.29) is 32.8 Å². The van der Waals surface area contributed by atoms with Crippen molar-refractivity contribution in [2.45, 2.75) is 12.2 Å². The zero-order valence-corrected chi connectivity index (χ0v) is 8.43. The second kappa shape index (κ2) is 5.87. The highest BCUT2D eigenvalue weighted by atomic mass is 16.6. The fraction of sp³-hybridized carbons (Fsp3) is 0.600. The minimum absolute atomic E-state index is 0.0452. The maximum Gasteiger partial charge on any atom is 0.189 e. The van der Waals surface area contributed by atoms with Gasteiger partial charge in [0.1, 0.15) is 12.4 Å². The van der Waals surface area contributed by atoms with Crippen molar-refractivity contribution in [3.05, 3.63) is 24.0 Å². The molecule has 0 aromatic rings. The van der Waals surface area contributed by atoms with E-state index in [0.717, 1.165) is 0 Å². The van der Waals surface area contributed by atoms with Crippen LogP contribution >= 0.6 is 0 Å². The molecule has 1 unspecified atom stereocenters. The Hall–Kier alpha value is -0.880. The summed E-state index contributed by atoms with van der Waals surface area (Å²) < 4.78 is 10.2. The monoisotopic (exact) mass is 216 g/mol. The predicted molar refractivity (Wildman–Crippen MR) is 52.9 cm³/mol. The molecule has 3 N–H and O–H groups in total. The van der Waals surface area contributed by atoms with E-state index in [1.165, 1.54) is 6.08 Å². The zero-order valence-electron chi connectivity index (χ0n) is 8.43. The van der Waals surface area contributed by atoms with Gasteiger partial charge >= 0.3 is 0 Å². The van der Waals surface area contributed by atoms with Gasteiger partial charge in [-0.25, -0.2) is 0 Å². The van der Waals surface area contributed by atoms with Gasteiger partial charge in [0.25, 0.3) is 0 Å². The van der Waals surface area contributed by atoms with Crippen LogP contribution in [0.1, 0.15) is 6.42 Å². The van der Waals surface area contributed by atoms with Crippen LogP contribution in [0.4, 0.5) is 0 Å². The van der Waals surface area contributed by atoms with Gasteiger partial charge in [0.2, 0.25) is 0 Å². The zero-order chi connectivity index (χ0) is 11.1. The first-order valence-electron chi connectivity index (χ1n) is 4.80. The molecular formula is C10H16O5. The summed E-state index contributed by atoms with van der Waals surface area (Å²) in [5, 5.41) is 26.9. The minimum Gasteiger partial charge on any atom is -0.492 e. The Labute approximate surface area is 88.2 Å². The molecule has 0 amide bonds. The summed E-state index contributed by atoms with van der Waals surface area (Å²) in [7, 11) is 0. The molecule has 0 saturated carbocycles. The van der Waals surface area contributed by atoms with Gasteiger partial charge in [-0.15, -0.1) is 0 Å². The van der Waals surface area contributed by atoms with Crippen LogP contribution < -0.4 is 0 Å². The molecule has 0 fully saturated rings. The summed E-state index contributed by atoms with van der Waals surface area (Å²) in [5.74, 6) is -0.754. The van der Waals surface area contributed by atoms with Crippen molar-refractivity contribution in [3.63, 3.8) is 0 Å². The number of ether oxygens (including phenoxy) is 2. The van der Waals surface area contributed by atoms with E-state index in [2.05, 4.69) is 0 Å². The standard InChI is InChI=1S/C10H16O5/c11-5-7-14-9-1-3-10(13,4-2-9)15-8-6-12/h1-3,11-13H,4-8H2. The van der Waals surface area contributed by atoms with Crippen molar-refractivity contribution < 1.29 is 24.8 Å². The molecule has 5 heteroatoms. The van der Waals surface area contributed by atoms with Crippen molar-refractivity contribution in [1.82, 2.24) is 0 Å². The molecule has 0 aliphatic heterocycles. The number of rotatable bonds is 6. The molecule has 86 valence electrons. The number of aliphatic hydroxyl groups is 3. The summed E-state index contributed by atoms with van der Waals surface area (Å²) >= 11 is 0. The lowest BCUT2D eigenvalue weighted by atomic mass is 10.1. The van der Waals surface area contributed by atoms with Crippen LogP contribution in [-0.4, -0.2) is 47.5 Å². The van der Waals surface area contributed by atoms with E-state index in [1.54, 1.807) is 12.2 Å². The van der Waals surface area contributed by atoms with Crippen molar-refractivity contribution in [1.29, 1.82) is 0 Å². The van der Waals surface area contributed by atoms with Gasteiger partial charge in [-0.2, -0.15) is 0 Å². The van der Waals surface area contributed by atoms with Gasteiger partial charge in [0.05, 0.1) is 19.8 Å². The van der Waals surface area contributed by atoms with E-state index in [9.17, 15) is 5.11 Å². The van der Waals surface area contributed by atoms with Gasteiger partial charge in [0.15, 0.2) is 5.79 Å². The Morgan fingerprint density at radius 3 is 2.53 bits per heavy atom. The molecule has 1 atom stereocenters. The van der Waals surface area contributed by atoms with Gasteiger partial charge < -0.3 is 24.8 Å². The van der Waals surface area contributed by atoms with Gasteiger partial charge in [-0.3, -0.25) is 0 Å². The second-order valence-electron chi connectivity index (χ2n) is 3.13. The molecule has 1 aliphatic rings. The van der Waals surface area contributed by atoms with E-state index in [1.807, 2.05) is 0 Å². The van der Waals surface area contributed by atoms with Crippen LogP contribution in [-0.2, 0) is 9.47 Å². The molecule has 0 aromatic heterocycles. The molecule has 5 nitrogen and oxygen atoms in total. The lowest BCUT2D eigenvalue weighted by Crippen LogP contribution is -2.32. The summed E-state index contributed by atoms with van der Waals surface area (Å²) in [6, 6.07) is 0. The average Bonchev–Trinajstić information content (AvgIpc) is 2.26. The Morgan fingerprint density at radius 1 is 1.27 bits per heavy atom. The first kappa shape index (κ1) is 12.2. The van der Waals surface area contributed by atoms with Crippen molar-refractivity contribution in [2.75, 3.05) is 26.4 Å². The van der Waals surface area contributed by atoms with Crippen LogP contribution in [0, 0.1) is 0 Å². The molecule has 0 saturated heterocycles. The van der Waals surface area contributed by atoms with Crippen LogP contribution in [0.15, 0.2) is 24.0 Å². The van der Waals surface area contributed by atoms with Crippen molar-refractivity contribution >= 4 is 0 Å². The number of allylic oxidation sites excluding steroid dienone is 1. The molecule has 0 radical (unpaired) electrons. The first-order chi connectivity index (χ1) is 7.20. The van der Waals surface area contributed by atoms with Gasteiger partial charge in [-0.1, -0.05) is 0 Å². The van der Waals surface area contributed by atoms with Crippen LogP contribution in [0.25, 0.3) is 0 Å². The SMILES string of the molecule is OCCOC1=CCC(O)(OCCO)C=C1. The topological polar surface area (TPSA) is 79.2 Å². The normalized spacial score (nSPS) is 25.1. The maximum absolute atomic E-state index is 9.78. The highest BCUT2D eigenvalue weighted by Gasteiger charge is 2.25. The lowest BCUT2D eigenvalue weighted by molar-refractivity contribution is -0.170. The molecule has 1 rings (SSSR count). The minimum atomic E-state index is -1.35. The second-order valence-corrected chi connectivity index (χ2v) is 3.13. The summed E-state index contributed by atoms with van der Waals surface area (Å²) in [6.07, 6.45) is 4.99. The Morgan fingerprint density at radius 2 is 2.00 bits per heavy atom. The largest absolute Gasteiger partial charge is 0.492 e. The first-order valence-corrected chi connectivity index (χ1v) is 4.80. The summed E-state index contributed by atoms with van der Waals surface area (Å²) in [4.78, 5) is 0. The third kappa shape index (κ3) is 4.01. The summed E-state index contributed by atoms with van der Waals surface area (Å²) in [5.41, 5.74) is 0. The molecule has 0 aromatic carbocycles. The van der Waals surface area contributed by atoms with E-state index in [4.69, 9.17) is 19.7 Å². The van der Waals surface area contributed by atoms with Crippen molar-refractivity contribution in [2.24, 2.45) is 0 Å². The molecule has 0 spiro atoms. The van der Waals surface area contributed by atoms with Crippen LogP contribution in [0.5, 0.6) is 0 Å². The van der Waals surface area contributed by atoms with Gasteiger partial charge in [0, 0.05) is 6.42 Å². The highest BCUT2D eigenvalue weighted by Crippen LogP contribution is 2.22. The summed E-state index contributed by atoms with van der Waals surface area (Å²) in [6.45, 7) is 0.137. The smallest absolute Gasteiger partial charge is 0.189 e. The molecule has 15 heavy (non-hydrogen) atoms. The fourth-order valence-electron chi connectivity index (χ4n) is 1.20. The number of hydrogen-bond acceptors (Lipinski definition) is 5. The van der Waals surface area contributed by atoms with Crippen LogP contribution in [0.2, 0.25) is 0 Å². The molecule has 1 aliphatic carbocycles. The molecule has 0 heterocycles. The average molecular weight is 216 g/mol. The lowest BCUT2D eigenvalue weighted by Gasteiger charge is -2.26. The Kier molecular flexibility index (Phi) is 4.77. The Bertz CT molecular complexity index is 248. The molecule has 0 bridgehead atoms. The van der Waals surface area contributed by atoms with E-state index >= 15 is 0 Å². The quantitative estimate of drug-likeness (QED) is 0.523. The van der Waals surface area contributed by atoms with Crippen LogP contribution in [0.3, 0.4) is 0 Å². The van der Waals surface area contributed by atoms with Gasteiger partial charge in [-0.05, 0) is 18.2 Å². The number of hydrogen-bond donors (Lipinski definition) is 3. The van der Waals surface area contributed by atoms with E-state index in [0.29, 0.717) is 5.76 Å². The Balaban J connectivity index is 2.39. The molecular weight excluding hydrogens is 200 g/mol. The predicted octanol–water partition coefficient (Wildman–Crippen LogP) is -0.463.